The Morgan fingerprint density at radius 3 is 2.47 bits per heavy atom. The molecule has 2 amide bonds. The van der Waals surface area contributed by atoms with Gasteiger partial charge in [-0.15, -0.1) is 0 Å². The van der Waals surface area contributed by atoms with E-state index in [4.69, 9.17) is 0 Å². The highest BCUT2D eigenvalue weighted by Crippen LogP contribution is 2.55. The third-order valence-electron chi connectivity index (χ3n) is 7.81. The van der Waals surface area contributed by atoms with Crippen molar-refractivity contribution >= 4 is 39.3 Å². The average molecular weight is 544 g/mol. The number of nitrogens with zero attached hydrogens (tertiary/aromatic N) is 1. The van der Waals surface area contributed by atoms with Crippen LogP contribution in [0.5, 0.6) is 5.75 Å². The fourth-order valence-corrected chi connectivity index (χ4v) is 6.72. The largest absolute Gasteiger partial charge is 0.508 e. The first-order chi connectivity index (χ1) is 17.3. The van der Waals surface area contributed by atoms with E-state index in [0.717, 1.165) is 11.1 Å². The molecule has 36 heavy (non-hydrogen) atoms. The number of rotatable bonds is 3. The summed E-state index contributed by atoms with van der Waals surface area (Å²) in [5.74, 6) is -2.93. The summed E-state index contributed by atoms with van der Waals surface area (Å²) in [5.41, 5.74) is 3.21. The van der Waals surface area contributed by atoms with Gasteiger partial charge in [0, 0.05) is 23.1 Å². The lowest BCUT2D eigenvalue weighted by Crippen LogP contribution is -2.39. The van der Waals surface area contributed by atoms with Gasteiger partial charge in [0.05, 0.1) is 22.9 Å². The van der Waals surface area contributed by atoms with Gasteiger partial charge < -0.3 is 5.11 Å². The highest BCUT2D eigenvalue weighted by Gasteiger charge is 2.56. The number of phenolic OH excluding ortho intramolecular Hbond substituents is 1. The van der Waals surface area contributed by atoms with E-state index in [9.17, 15) is 24.3 Å². The molecule has 0 saturated carbocycles. The highest BCUT2D eigenvalue weighted by atomic mass is 79.9. The number of phenols is 1. The van der Waals surface area contributed by atoms with Gasteiger partial charge in [0.15, 0.2) is 11.6 Å². The minimum atomic E-state index is -0.595. The first kappa shape index (κ1) is 22.9. The molecule has 6 nitrogen and oxygen atoms in total. The molecule has 2 aromatic rings. The summed E-state index contributed by atoms with van der Waals surface area (Å²) < 4.78 is 0.195. The molecule has 3 aliphatic carbocycles. The number of hydrogen-bond acceptors (Lipinski definition) is 5. The summed E-state index contributed by atoms with van der Waals surface area (Å²) in [4.78, 5) is 54.8. The molecule has 180 valence electrons. The van der Waals surface area contributed by atoms with Gasteiger partial charge in [-0.2, -0.15) is 0 Å². The van der Waals surface area contributed by atoms with Crippen LogP contribution in [0.2, 0.25) is 0 Å². The van der Waals surface area contributed by atoms with E-state index in [0.29, 0.717) is 23.1 Å². The third-order valence-corrected chi connectivity index (χ3v) is 8.40. The number of likely N-dealkylation sites (tertiary alicyclic amines) is 1. The smallest absolute Gasteiger partial charge is 0.234 e. The van der Waals surface area contributed by atoms with E-state index in [1.54, 1.807) is 18.2 Å². The number of ketones is 2. The minimum absolute atomic E-state index is 0.0542. The standard InChI is InChI=1S/C29H22BrNO5/c30-22-13-23(33)26-21(27(22)34)12-20-18(24(26)16-7-4-8-17(32)11-16)9-10-19-25(20)29(36)31(28(19)35)14-15-5-2-1-3-6-15/h1-9,11,13,19-20,24-25,32H,10,12,14H2. The Bertz CT molecular complexity index is 1440. The molecular formula is C29H22BrNO5. The summed E-state index contributed by atoms with van der Waals surface area (Å²) >= 11 is 3.23. The fraction of sp³-hybridized carbons (Fsp3) is 0.241. The molecule has 4 unspecified atom stereocenters. The maximum Gasteiger partial charge on any atom is 0.234 e. The quantitative estimate of drug-likeness (QED) is 0.353. The van der Waals surface area contributed by atoms with Crippen LogP contribution in [0.15, 0.2) is 88.0 Å². The number of carbonyl (C=O) groups excluding carboxylic acids is 4. The fourth-order valence-electron chi connectivity index (χ4n) is 6.28. The van der Waals surface area contributed by atoms with Crippen LogP contribution in [0, 0.1) is 17.8 Å². The second kappa shape index (κ2) is 8.52. The summed E-state index contributed by atoms with van der Waals surface area (Å²) in [6.07, 6.45) is 3.90. The number of halogens is 1. The number of allylic oxidation sites excluding steroid dienone is 6. The van der Waals surface area contributed by atoms with E-state index in [1.807, 2.05) is 42.5 Å². The van der Waals surface area contributed by atoms with Crippen LogP contribution in [0.25, 0.3) is 0 Å². The SMILES string of the molecule is O=C1C=C(Br)C(=O)C2=C1C(c1cccc(O)c1)C1=CCC3C(=O)N(Cc4ccccc4)C(=O)C3C1C2. The summed E-state index contributed by atoms with van der Waals surface area (Å²) in [6, 6.07) is 16.1. The van der Waals surface area contributed by atoms with Crippen molar-refractivity contribution in [2.45, 2.75) is 25.3 Å². The molecule has 1 fully saturated rings. The Balaban J connectivity index is 1.45. The monoisotopic (exact) mass is 543 g/mol. The van der Waals surface area contributed by atoms with Gasteiger partial charge in [-0.3, -0.25) is 24.1 Å². The predicted molar refractivity (Wildman–Crippen MR) is 135 cm³/mol. The molecule has 0 aromatic heterocycles. The van der Waals surface area contributed by atoms with Gasteiger partial charge in [-0.05, 0) is 57.9 Å². The van der Waals surface area contributed by atoms with Gasteiger partial charge in [0.1, 0.15) is 5.75 Å². The van der Waals surface area contributed by atoms with Gasteiger partial charge in [-0.1, -0.05) is 54.1 Å². The van der Waals surface area contributed by atoms with Crippen molar-refractivity contribution in [1.29, 1.82) is 0 Å². The van der Waals surface area contributed by atoms with E-state index in [2.05, 4.69) is 15.9 Å². The van der Waals surface area contributed by atoms with Crippen molar-refractivity contribution in [2.24, 2.45) is 17.8 Å². The van der Waals surface area contributed by atoms with Crippen LogP contribution >= 0.6 is 15.9 Å². The number of benzene rings is 2. The molecule has 1 saturated heterocycles. The van der Waals surface area contributed by atoms with Gasteiger partial charge in [-0.25, -0.2) is 0 Å². The molecule has 6 rings (SSSR count). The highest BCUT2D eigenvalue weighted by molar-refractivity contribution is 9.12. The van der Waals surface area contributed by atoms with Gasteiger partial charge in [0.2, 0.25) is 11.8 Å². The zero-order chi connectivity index (χ0) is 25.1. The lowest BCUT2D eigenvalue weighted by Gasteiger charge is -2.42. The molecule has 2 aromatic carbocycles. The Hall–Kier alpha value is -3.58. The van der Waals surface area contributed by atoms with E-state index in [-0.39, 0.29) is 52.5 Å². The first-order valence-corrected chi connectivity index (χ1v) is 12.7. The summed E-state index contributed by atoms with van der Waals surface area (Å²) in [6.45, 7) is 0.212. The first-order valence-electron chi connectivity index (χ1n) is 11.9. The number of aromatic hydroxyl groups is 1. The number of hydrogen-bond donors (Lipinski definition) is 1. The Morgan fingerprint density at radius 1 is 0.944 bits per heavy atom. The maximum absolute atomic E-state index is 13.7. The van der Waals surface area contributed by atoms with Crippen molar-refractivity contribution in [3.05, 3.63) is 99.1 Å². The molecule has 0 bridgehead atoms. The summed E-state index contributed by atoms with van der Waals surface area (Å²) in [5, 5.41) is 10.2. The second-order valence-corrected chi connectivity index (χ2v) is 10.6. The van der Waals surface area contributed by atoms with E-state index in [1.165, 1.54) is 11.0 Å². The Morgan fingerprint density at radius 2 is 1.72 bits per heavy atom. The van der Waals surface area contributed by atoms with Crippen LogP contribution in [0.4, 0.5) is 0 Å². The van der Waals surface area contributed by atoms with Gasteiger partial charge in [0.25, 0.3) is 0 Å². The molecular weight excluding hydrogens is 522 g/mol. The van der Waals surface area contributed by atoms with E-state index >= 15 is 0 Å². The molecule has 4 atom stereocenters. The van der Waals surface area contributed by atoms with Crippen LogP contribution in [0.1, 0.15) is 29.9 Å². The predicted octanol–water partition coefficient (Wildman–Crippen LogP) is 4.35. The molecule has 1 N–H and O–H groups in total. The Labute approximate surface area is 216 Å². The maximum atomic E-state index is 13.7. The minimum Gasteiger partial charge on any atom is -0.508 e. The number of carbonyl (C=O) groups is 4. The average Bonchev–Trinajstić information content (AvgIpc) is 3.11. The number of Topliss-reactive ketones (excluding diaryl/α,β-unsaturated/α-hetero) is 1. The molecule has 4 aliphatic rings. The van der Waals surface area contributed by atoms with Crippen LogP contribution in [-0.4, -0.2) is 33.4 Å². The number of amides is 2. The molecule has 0 spiro atoms. The van der Waals surface area contributed by atoms with Crippen molar-refractivity contribution in [3.8, 4) is 5.75 Å². The zero-order valence-corrected chi connectivity index (χ0v) is 20.8. The molecule has 1 aliphatic heterocycles. The molecule has 1 heterocycles. The van der Waals surface area contributed by atoms with Crippen molar-refractivity contribution < 1.29 is 24.3 Å². The third kappa shape index (κ3) is 3.45. The van der Waals surface area contributed by atoms with Crippen molar-refractivity contribution in [2.75, 3.05) is 0 Å². The number of fused-ring (bicyclic) bond motifs is 3. The normalized spacial score (nSPS) is 27.4. The zero-order valence-electron chi connectivity index (χ0n) is 19.2. The second-order valence-electron chi connectivity index (χ2n) is 9.74. The molecule has 0 radical (unpaired) electrons. The van der Waals surface area contributed by atoms with Crippen molar-refractivity contribution in [3.63, 3.8) is 0 Å². The van der Waals surface area contributed by atoms with Crippen LogP contribution in [-0.2, 0) is 25.7 Å². The lowest BCUT2D eigenvalue weighted by atomic mass is 9.59. The van der Waals surface area contributed by atoms with Crippen LogP contribution < -0.4 is 0 Å². The topological polar surface area (TPSA) is 91.8 Å². The van der Waals surface area contributed by atoms with Gasteiger partial charge >= 0.3 is 0 Å². The van der Waals surface area contributed by atoms with Crippen LogP contribution in [0.3, 0.4) is 0 Å². The summed E-state index contributed by atoms with van der Waals surface area (Å²) in [7, 11) is 0. The lowest BCUT2D eigenvalue weighted by molar-refractivity contribution is -0.140. The number of imide groups is 1. The van der Waals surface area contributed by atoms with E-state index < -0.39 is 17.8 Å². The van der Waals surface area contributed by atoms with Crippen molar-refractivity contribution in [1.82, 2.24) is 4.90 Å². The molecule has 7 heteroatoms. The Kier molecular flexibility index (Phi) is 5.41.